The van der Waals surface area contributed by atoms with E-state index in [2.05, 4.69) is 41.5 Å². The first kappa shape index (κ1) is 22.2. The standard InChI is InChI=1S/C29H52/c1-7-22(20(2)3)12-11-21(4)25-15-16-26-24-14-13-23-10-8-9-18-28(23,5)27(24)17-19-29(25,26)6/h20-27H,7-19H2,1-6H3/t21-,22?,23?,24?,25?,26?,27?,28+,29-/m0/s1. The first-order valence-electron chi connectivity index (χ1n) is 13.8. The number of hydrogen-bond acceptors (Lipinski definition) is 0. The van der Waals surface area contributed by atoms with Crippen LogP contribution in [0.4, 0.5) is 0 Å². The van der Waals surface area contributed by atoms with Gasteiger partial charge >= 0.3 is 0 Å². The first-order valence-corrected chi connectivity index (χ1v) is 13.8. The van der Waals surface area contributed by atoms with Crippen molar-refractivity contribution in [2.24, 2.45) is 58.2 Å². The van der Waals surface area contributed by atoms with Crippen molar-refractivity contribution in [2.75, 3.05) is 0 Å². The highest BCUT2D eigenvalue weighted by Gasteiger charge is 2.60. The highest BCUT2D eigenvalue weighted by Crippen LogP contribution is 2.68. The normalized spacial score (nSPS) is 46.7. The predicted octanol–water partition coefficient (Wildman–Crippen LogP) is 9.13. The molecule has 0 nitrogen and oxygen atoms in total. The van der Waals surface area contributed by atoms with E-state index in [0.717, 1.165) is 47.3 Å². The summed E-state index contributed by atoms with van der Waals surface area (Å²) in [6.45, 7) is 15.4. The second kappa shape index (κ2) is 8.50. The van der Waals surface area contributed by atoms with Crippen molar-refractivity contribution in [3.63, 3.8) is 0 Å². The molecule has 0 bridgehead atoms. The molecular weight excluding hydrogens is 348 g/mol. The van der Waals surface area contributed by atoms with E-state index in [1.807, 2.05) is 0 Å². The molecule has 4 rings (SSSR count). The van der Waals surface area contributed by atoms with E-state index >= 15 is 0 Å². The summed E-state index contributed by atoms with van der Waals surface area (Å²) in [4.78, 5) is 0. The van der Waals surface area contributed by atoms with Gasteiger partial charge in [0.15, 0.2) is 0 Å². The minimum Gasteiger partial charge on any atom is -0.0651 e. The zero-order valence-corrected chi connectivity index (χ0v) is 20.8. The maximum absolute atomic E-state index is 2.76. The second-order valence-corrected chi connectivity index (χ2v) is 13.1. The molecule has 6 unspecified atom stereocenters. The first-order chi connectivity index (χ1) is 13.8. The Kier molecular flexibility index (Phi) is 6.51. The lowest BCUT2D eigenvalue weighted by Crippen LogP contribution is -2.53. The van der Waals surface area contributed by atoms with Gasteiger partial charge in [0.1, 0.15) is 0 Å². The molecule has 0 aromatic rings. The van der Waals surface area contributed by atoms with Crippen molar-refractivity contribution in [3.05, 3.63) is 0 Å². The largest absolute Gasteiger partial charge is 0.0651 e. The summed E-state index contributed by atoms with van der Waals surface area (Å²) in [5, 5.41) is 0. The van der Waals surface area contributed by atoms with Gasteiger partial charge in [-0.3, -0.25) is 0 Å². The van der Waals surface area contributed by atoms with Crippen LogP contribution in [0.2, 0.25) is 0 Å². The zero-order valence-electron chi connectivity index (χ0n) is 20.8. The molecule has 4 fully saturated rings. The van der Waals surface area contributed by atoms with Gasteiger partial charge in [-0.2, -0.15) is 0 Å². The molecule has 0 aromatic carbocycles. The summed E-state index contributed by atoms with van der Waals surface area (Å²) >= 11 is 0. The van der Waals surface area contributed by atoms with Crippen LogP contribution in [0, 0.1) is 58.2 Å². The molecule has 0 aliphatic heterocycles. The Morgan fingerprint density at radius 2 is 1.52 bits per heavy atom. The number of fused-ring (bicyclic) bond motifs is 5. The smallest absolute Gasteiger partial charge is 0.0264 e. The maximum Gasteiger partial charge on any atom is -0.0264 e. The molecule has 0 saturated heterocycles. The summed E-state index contributed by atoms with van der Waals surface area (Å²) in [5.74, 6) is 8.02. The lowest BCUT2D eigenvalue weighted by Gasteiger charge is -2.61. The highest BCUT2D eigenvalue weighted by atomic mass is 14.6. The van der Waals surface area contributed by atoms with Gasteiger partial charge in [-0.1, -0.05) is 67.2 Å². The van der Waals surface area contributed by atoms with Gasteiger partial charge in [0.2, 0.25) is 0 Å². The van der Waals surface area contributed by atoms with E-state index in [1.54, 1.807) is 51.4 Å². The topological polar surface area (TPSA) is 0 Å². The van der Waals surface area contributed by atoms with E-state index in [0.29, 0.717) is 10.8 Å². The second-order valence-electron chi connectivity index (χ2n) is 13.1. The van der Waals surface area contributed by atoms with Crippen molar-refractivity contribution >= 4 is 0 Å². The van der Waals surface area contributed by atoms with Gasteiger partial charge in [-0.25, -0.2) is 0 Å². The quantitative estimate of drug-likeness (QED) is 0.417. The van der Waals surface area contributed by atoms with Crippen LogP contribution >= 0.6 is 0 Å². The van der Waals surface area contributed by atoms with Crippen LogP contribution in [0.3, 0.4) is 0 Å². The maximum atomic E-state index is 2.76. The molecule has 0 aromatic heterocycles. The molecule has 168 valence electrons. The zero-order chi connectivity index (χ0) is 20.8. The third-order valence-corrected chi connectivity index (χ3v) is 11.8. The number of rotatable bonds is 6. The Bertz CT molecular complexity index is 548. The van der Waals surface area contributed by atoms with Gasteiger partial charge in [0, 0.05) is 0 Å². The Morgan fingerprint density at radius 1 is 0.759 bits per heavy atom. The third-order valence-electron chi connectivity index (χ3n) is 11.8. The van der Waals surface area contributed by atoms with Crippen molar-refractivity contribution < 1.29 is 0 Å². The van der Waals surface area contributed by atoms with Crippen LogP contribution in [0.25, 0.3) is 0 Å². The third kappa shape index (κ3) is 3.75. The predicted molar refractivity (Wildman–Crippen MR) is 127 cm³/mol. The van der Waals surface area contributed by atoms with Crippen LogP contribution < -0.4 is 0 Å². The lowest BCUT2D eigenvalue weighted by atomic mass is 9.44. The van der Waals surface area contributed by atoms with Crippen LogP contribution in [0.5, 0.6) is 0 Å². The summed E-state index contributed by atoms with van der Waals surface area (Å²) in [6.07, 6.45) is 19.8. The molecule has 4 saturated carbocycles. The van der Waals surface area contributed by atoms with E-state index in [1.165, 1.54) is 32.1 Å². The van der Waals surface area contributed by atoms with Gasteiger partial charge in [-0.15, -0.1) is 0 Å². The van der Waals surface area contributed by atoms with Crippen LogP contribution in [0.15, 0.2) is 0 Å². The summed E-state index contributed by atoms with van der Waals surface area (Å²) in [6, 6.07) is 0. The number of hydrogen-bond donors (Lipinski definition) is 0. The van der Waals surface area contributed by atoms with E-state index in [4.69, 9.17) is 0 Å². The highest BCUT2D eigenvalue weighted by molar-refractivity contribution is 5.09. The molecule has 4 aliphatic rings. The Hall–Kier alpha value is 0. The molecule has 0 amide bonds. The van der Waals surface area contributed by atoms with Crippen LogP contribution in [-0.2, 0) is 0 Å². The fourth-order valence-corrected chi connectivity index (χ4v) is 9.96. The summed E-state index contributed by atoms with van der Waals surface area (Å²) in [7, 11) is 0. The molecular formula is C29H52. The minimum absolute atomic E-state index is 0.665. The minimum atomic E-state index is 0.665. The van der Waals surface area contributed by atoms with Crippen molar-refractivity contribution in [1.82, 2.24) is 0 Å². The van der Waals surface area contributed by atoms with Crippen molar-refractivity contribution in [2.45, 2.75) is 125 Å². The molecule has 0 heterocycles. The Labute approximate surface area is 183 Å². The Balaban J connectivity index is 1.45. The molecule has 0 spiro atoms. The summed E-state index contributed by atoms with van der Waals surface area (Å²) < 4.78 is 0. The molecule has 4 aliphatic carbocycles. The van der Waals surface area contributed by atoms with Crippen molar-refractivity contribution in [1.29, 1.82) is 0 Å². The van der Waals surface area contributed by atoms with E-state index in [-0.39, 0.29) is 0 Å². The van der Waals surface area contributed by atoms with Crippen molar-refractivity contribution in [3.8, 4) is 0 Å². The molecule has 29 heavy (non-hydrogen) atoms. The summed E-state index contributed by atoms with van der Waals surface area (Å²) in [5.41, 5.74) is 1.37. The van der Waals surface area contributed by atoms with Gasteiger partial charge in [-0.05, 0) is 116 Å². The van der Waals surface area contributed by atoms with Gasteiger partial charge in [0.25, 0.3) is 0 Å². The van der Waals surface area contributed by atoms with Gasteiger partial charge < -0.3 is 0 Å². The van der Waals surface area contributed by atoms with E-state index < -0.39 is 0 Å². The fraction of sp³-hybridized carbons (Fsp3) is 1.00. The fourth-order valence-electron chi connectivity index (χ4n) is 9.96. The van der Waals surface area contributed by atoms with Gasteiger partial charge in [0.05, 0.1) is 0 Å². The van der Waals surface area contributed by atoms with E-state index in [9.17, 15) is 0 Å². The SMILES string of the molecule is CCC(CC[C@H](C)C1CCC2C3CCC4CCCC[C@@]4(C)C3CC[C@]21C)C(C)C. The molecule has 0 heteroatoms. The molecule has 9 atom stereocenters. The molecule has 0 radical (unpaired) electrons. The monoisotopic (exact) mass is 400 g/mol. The Morgan fingerprint density at radius 3 is 2.24 bits per heavy atom. The van der Waals surface area contributed by atoms with Crippen LogP contribution in [-0.4, -0.2) is 0 Å². The average Bonchev–Trinajstić information content (AvgIpc) is 3.05. The molecule has 0 N–H and O–H groups in total. The van der Waals surface area contributed by atoms with Crippen LogP contribution in [0.1, 0.15) is 125 Å². The average molecular weight is 401 g/mol. The lowest BCUT2D eigenvalue weighted by molar-refractivity contribution is -0.114.